The van der Waals surface area contributed by atoms with Crippen molar-refractivity contribution in [2.75, 3.05) is 18.0 Å². The van der Waals surface area contributed by atoms with Crippen molar-refractivity contribution in [1.82, 2.24) is 4.90 Å². The van der Waals surface area contributed by atoms with Gasteiger partial charge in [-0.1, -0.05) is 0 Å². The number of nitrogens with two attached hydrogens (primary N) is 2. The maximum atomic E-state index is 12.5. The summed E-state index contributed by atoms with van der Waals surface area (Å²) in [6.07, 6.45) is 4.79. The smallest absolute Gasteiger partial charge is 0.254 e. The lowest BCUT2D eigenvalue weighted by Gasteiger charge is -2.22. The molecular formula is C14H19N3O. The van der Waals surface area contributed by atoms with E-state index >= 15 is 0 Å². The maximum Gasteiger partial charge on any atom is 0.254 e. The minimum Gasteiger partial charge on any atom is -0.399 e. The fraction of sp³-hybridized carbons (Fsp3) is 0.500. The molecule has 1 aromatic carbocycles. The number of rotatable bonds is 4. The summed E-state index contributed by atoms with van der Waals surface area (Å²) < 4.78 is 0. The Hall–Kier alpha value is -1.71. The summed E-state index contributed by atoms with van der Waals surface area (Å²) in [5.74, 6) is 0.802. The van der Waals surface area contributed by atoms with Crippen molar-refractivity contribution in [2.45, 2.75) is 31.7 Å². The summed E-state index contributed by atoms with van der Waals surface area (Å²) >= 11 is 0. The van der Waals surface area contributed by atoms with Gasteiger partial charge in [0.2, 0.25) is 0 Å². The molecule has 1 amide bonds. The van der Waals surface area contributed by atoms with Gasteiger partial charge in [-0.05, 0) is 49.8 Å². The number of nitrogen functional groups attached to an aromatic ring is 2. The molecule has 2 aliphatic carbocycles. The van der Waals surface area contributed by atoms with Crippen molar-refractivity contribution >= 4 is 17.3 Å². The van der Waals surface area contributed by atoms with Crippen LogP contribution in [0.4, 0.5) is 11.4 Å². The molecule has 96 valence electrons. The summed E-state index contributed by atoms with van der Waals surface area (Å²) in [4.78, 5) is 14.5. The summed E-state index contributed by atoms with van der Waals surface area (Å²) in [6.45, 7) is 0.901. The van der Waals surface area contributed by atoms with Crippen molar-refractivity contribution in [1.29, 1.82) is 0 Å². The Morgan fingerprint density at radius 2 is 1.72 bits per heavy atom. The number of hydrogen-bond donors (Lipinski definition) is 2. The van der Waals surface area contributed by atoms with Gasteiger partial charge >= 0.3 is 0 Å². The van der Waals surface area contributed by atoms with Crippen molar-refractivity contribution < 1.29 is 4.79 Å². The molecule has 0 unspecified atom stereocenters. The average molecular weight is 245 g/mol. The molecule has 2 aliphatic rings. The fourth-order valence-corrected chi connectivity index (χ4v) is 2.33. The minimum absolute atomic E-state index is 0.0865. The van der Waals surface area contributed by atoms with Gasteiger partial charge in [-0.25, -0.2) is 0 Å². The first-order chi connectivity index (χ1) is 8.63. The standard InChI is InChI=1S/C14H19N3O/c15-11-5-10(6-12(16)7-11)14(18)17(13-3-4-13)8-9-1-2-9/h5-7,9,13H,1-4,8,15-16H2. The monoisotopic (exact) mass is 245 g/mol. The van der Waals surface area contributed by atoms with Crippen LogP contribution in [0.15, 0.2) is 18.2 Å². The normalized spacial score (nSPS) is 18.7. The Morgan fingerprint density at radius 1 is 1.11 bits per heavy atom. The van der Waals surface area contributed by atoms with Gasteiger partial charge in [0, 0.05) is 29.5 Å². The third-order valence-electron chi connectivity index (χ3n) is 3.62. The third kappa shape index (κ3) is 2.42. The van der Waals surface area contributed by atoms with Crippen LogP contribution >= 0.6 is 0 Å². The number of nitrogens with zero attached hydrogens (tertiary/aromatic N) is 1. The highest BCUT2D eigenvalue weighted by atomic mass is 16.2. The van der Waals surface area contributed by atoms with E-state index in [4.69, 9.17) is 11.5 Å². The molecule has 0 heterocycles. The van der Waals surface area contributed by atoms with Gasteiger partial charge in [0.15, 0.2) is 0 Å². The Kier molecular flexibility index (Phi) is 2.65. The van der Waals surface area contributed by atoms with Crippen LogP contribution in [-0.2, 0) is 0 Å². The molecule has 0 aromatic heterocycles. The van der Waals surface area contributed by atoms with Gasteiger partial charge in [0.25, 0.3) is 5.91 Å². The fourth-order valence-electron chi connectivity index (χ4n) is 2.33. The zero-order valence-corrected chi connectivity index (χ0v) is 10.4. The zero-order valence-electron chi connectivity index (χ0n) is 10.4. The van der Waals surface area contributed by atoms with Crippen molar-refractivity contribution in [3.05, 3.63) is 23.8 Å². The Labute approximate surface area is 107 Å². The Morgan fingerprint density at radius 3 is 2.22 bits per heavy atom. The van der Waals surface area contributed by atoms with E-state index in [2.05, 4.69) is 0 Å². The van der Waals surface area contributed by atoms with Gasteiger partial charge in [0.05, 0.1) is 0 Å². The van der Waals surface area contributed by atoms with Crippen LogP contribution in [0.5, 0.6) is 0 Å². The third-order valence-corrected chi connectivity index (χ3v) is 3.62. The molecule has 0 spiro atoms. The molecule has 0 radical (unpaired) electrons. The predicted molar refractivity (Wildman–Crippen MR) is 72.0 cm³/mol. The van der Waals surface area contributed by atoms with Crippen LogP contribution in [-0.4, -0.2) is 23.4 Å². The van der Waals surface area contributed by atoms with Crippen LogP contribution in [0.25, 0.3) is 0 Å². The quantitative estimate of drug-likeness (QED) is 0.795. The second kappa shape index (κ2) is 4.19. The minimum atomic E-state index is 0.0865. The first-order valence-electron chi connectivity index (χ1n) is 6.60. The van der Waals surface area contributed by atoms with Crippen molar-refractivity contribution in [2.24, 2.45) is 5.92 Å². The predicted octanol–water partition coefficient (Wildman–Crippen LogP) is 1.87. The molecule has 0 saturated heterocycles. The van der Waals surface area contributed by atoms with Gasteiger partial charge < -0.3 is 16.4 Å². The number of amides is 1. The molecule has 0 atom stereocenters. The molecule has 4 N–H and O–H groups in total. The highest BCUT2D eigenvalue weighted by molar-refractivity contribution is 5.96. The Bertz CT molecular complexity index is 458. The molecule has 0 aliphatic heterocycles. The number of hydrogen-bond acceptors (Lipinski definition) is 3. The van der Waals surface area contributed by atoms with E-state index in [1.165, 1.54) is 12.8 Å². The molecular weight excluding hydrogens is 226 g/mol. The molecule has 0 bridgehead atoms. The van der Waals surface area contributed by atoms with E-state index in [9.17, 15) is 4.79 Å². The van der Waals surface area contributed by atoms with Gasteiger partial charge in [0.1, 0.15) is 0 Å². The second-order valence-electron chi connectivity index (χ2n) is 5.52. The van der Waals surface area contributed by atoms with Gasteiger partial charge in [-0.3, -0.25) is 4.79 Å². The molecule has 2 saturated carbocycles. The van der Waals surface area contributed by atoms with Crippen LogP contribution in [0.2, 0.25) is 0 Å². The molecule has 2 fully saturated rings. The molecule has 4 heteroatoms. The number of anilines is 2. The SMILES string of the molecule is Nc1cc(N)cc(C(=O)N(CC2CC2)C2CC2)c1. The molecule has 18 heavy (non-hydrogen) atoms. The highest BCUT2D eigenvalue weighted by Crippen LogP contribution is 2.35. The van der Waals surface area contributed by atoms with E-state index in [0.717, 1.165) is 19.4 Å². The van der Waals surface area contributed by atoms with E-state index in [-0.39, 0.29) is 5.91 Å². The van der Waals surface area contributed by atoms with Crippen LogP contribution in [0, 0.1) is 5.92 Å². The number of carbonyl (C=O) groups excluding carboxylic acids is 1. The summed E-state index contributed by atoms with van der Waals surface area (Å²) in [5, 5.41) is 0. The van der Waals surface area contributed by atoms with Crippen molar-refractivity contribution in [3.8, 4) is 0 Å². The van der Waals surface area contributed by atoms with Crippen LogP contribution in [0.1, 0.15) is 36.0 Å². The summed E-state index contributed by atoms with van der Waals surface area (Å²) in [7, 11) is 0. The molecule has 1 aromatic rings. The summed E-state index contributed by atoms with van der Waals surface area (Å²) in [5.41, 5.74) is 13.2. The average Bonchev–Trinajstić information content (AvgIpc) is 3.15. The first kappa shape index (κ1) is 11.4. The van der Waals surface area contributed by atoms with E-state index < -0.39 is 0 Å². The lowest BCUT2D eigenvalue weighted by molar-refractivity contribution is 0.0735. The van der Waals surface area contributed by atoms with Gasteiger partial charge in [-0.15, -0.1) is 0 Å². The largest absolute Gasteiger partial charge is 0.399 e. The topological polar surface area (TPSA) is 72.3 Å². The van der Waals surface area contributed by atoms with Gasteiger partial charge in [-0.2, -0.15) is 0 Å². The second-order valence-corrected chi connectivity index (χ2v) is 5.52. The van der Waals surface area contributed by atoms with E-state index in [1.54, 1.807) is 18.2 Å². The molecule has 4 nitrogen and oxygen atoms in total. The van der Waals surface area contributed by atoms with E-state index in [1.807, 2.05) is 4.90 Å². The zero-order chi connectivity index (χ0) is 12.7. The number of carbonyl (C=O) groups is 1. The van der Waals surface area contributed by atoms with E-state index in [0.29, 0.717) is 28.9 Å². The van der Waals surface area contributed by atoms with Crippen LogP contribution in [0.3, 0.4) is 0 Å². The molecule has 3 rings (SSSR count). The van der Waals surface area contributed by atoms with Crippen molar-refractivity contribution in [3.63, 3.8) is 0 Å². The lowest BCUT2D eigenvalue weighted by atomic mass is 10.1. The number of benzene rings is 1. The summed E-state index contributed by atoms with van der Waals surface area (Å²) in [6, 6.07) is 5.57. The Balaban J connectivity index is 1.81. The lowest BCUT2D eigenvalue weighted by Crippen LogP contribution is -2.35. The first-order valence-corrected chi connectivity index (χ1v) is 6.60. The van der Waals surface area contributed by atoms with Crippen LogP contribution < -0.4 is 11.5 Å². The highest BCUT2D eigenvalue weighted by Gasteiger charge is 2.36. The maximum absolute atomic E-state index is 12.5.